The molecule has 4 nitrogen and oxygen atoms in total. The summed E-state index contributed by atoms with van der Waals surface area (Å²) in [4.78, 5) is 12.0. The number of hydrogen-bond acceptors (Lipinski definition) is 4. The summed E-state index contributed by atoms with van der Waals surface area (Å²) in [5.41, 5.74) is 0. The zero-order valence-electron chi connectivity index (χ0n) is 10.5. The lowest BCUT2D eigenvalue weighted by Gasteiger charge is -2.21. The van der Waals surface area contributed by atoms with Crippen molar-refractivity contribution in [2.45, 2.75) is 62.9 Å². The molecule has 2 saturated carbocycles. The summed E-state index contributed by atoms with van der Waals surface area (Å²) in [6.07, 6.45) is 8.03. The quantitative estimate of drug-likeness (QED) is 0.566. The van der Waals surface area contributed by atoms with Crippen LogP contribution >= 0.6 is 0 Å². The summed E-state index contributed by atoms with van der Waals surface area (Å²) in [7, 11) is 0. The molecule has 4 aliphatic rings. The predicted octanol–water partition coefficient (Wildman–Crippen LogP) is 1.66. The Kier molecular flexibility index (Phi) is 2.62. The average molecular weight is 252 g/mol. The Bertz CT molecular complexity index is 356. The van der Waals surface area contributed by atoms with Gasteiger partial charge < -0.3 is 14.2 Å². The van der Waals surface area contributed by atoms with Crippen molar-refractivity contribution in [1.29, 1.82) is 0 Å². The molecule has 4 rings (SSSR count). The molecule has 0 spiro atoms. The minimum atomic E-state index is 0.00258. The molecule has 4 fully saturated rings. The molecule has 0 bridgehead atoms. The second-order valence-electron chi connectivity index (χ2n) is 6.25. The Labute approximate surface area is 107 Å². The smallest absolute Gasteiger partial charge is 0.309 e. The first-order valence-corrected chi connectivity index (χ1v) is 7.27. The third-order valence-electron chi connectivity index (χ3n) is 4.91. The van der Waals surface area contributed by atoms with E-state index in [-0.39, 0.29) is 11.9 Å². The van der Waals surface area contributed by atoms with E-state index in [0.29, 0.717) is 36.9 Å². The van der Waals surface area contributed by atoms with Gasteiger partial charge >= 0.3 is 5.97 Å². The van der Waals surface area contributed by atoms with E-state index in [0.717, 1.165) is 38.5 Å². The lowest BCUT2D eigenvalue weighted by molar-refractivity contribution is -0.151. The highest BCUT2D eigenvalue weighted by Gasteiger charge is 2.47. The number of rotatable bonds is 3. The van der Waals surface area contributed by atoms with E-state index in [2.05, 4.69) is 0 Å². The number of carbonyl (C=O) groups excluding carboxylic acids is 1. The van der Waals surface area contributed by atoms with E-state index in [9.17, 15) is 4.79 Å². The minimum Gasteiger partial charge on any atom is -0.465 e. The monoisotopic (exact) mass is 252 g/mol. The summed E-state index contributed by atoms with van der Waals surface area (Å²) in [5.74, 6) is 0.608. The van der Waals surface area contributed by atoms with Crippen LogP contribution in [0.25, 0.3) is 0 Å². The van der Waals surface area contributed by atoms with Crippen molar-refractivity contribution < 1.29 is 19.0 Å². The molecule has 2 saturated heterocycles. The number of esters is 1. The first kappa shape index (κ1) is 11.2. The molecular weight excluding hydrogens is 232 g/mol. The van der Waals surface area contributed by atoms with E-state index in [1.807, 2.05) is 0 Å². The number of hydrogen-bond donors (Lipinski definition) is 0. The first-order valence-electron chi connectivity index (χ1n) is 7.27. The molecule has 0 N–H and O–H groups in total. The predicted molar refractivity (Wildman–Crippen MR) is 63.0 cm³/mol. The fourth-order valence-corrected chi connectivity index (χ4v) is 3.57. The minimum absolute atomic E-state index is 0.00258. The molecule has 0 amide bonds. The van der Waals surface area contributed by atoms with Crippen LogP contribution in [0.5, 0.6) is 0 Å². The maximum Gasteiger partial charge on any atom is 0.309 e. The summed E-state index contributed by atoms with van der Waals surface area (Å²) < 4.78 is 16.4. The van der Waals surface area contributed by atoms with Gasteiger partial charge in [-0.15, -0.1) is 0 Å². The van der Waals surface area contributed by atoms with E-state index < -0.39 is 0 Å². The highest BCUT2D eigenvalue weighted by atomic mass is 16.6. The molecule has 2 heterocycles. The molecular formula is C14H20O4. The highest BCUT2D eigenvalue weighted by Crippen LogP contribution is 2.41. The van der Waals surface area contributed by atoms with Gasteiger partial charge in [-0.1, -0.05) is 0 Å². The van der Waals surface area contributed by atoms with Crippen molar-refractivity contribution >= 4 is 5.97 Å². The van der Waals surface area contributed by atoms with Crippen LogP contribution < -0.4 is 0 Å². The van der Waals surface area contributed by atoms with Gasteiger partial charge in [-0.05, 0) is 44.4 Å². The molecule has 0 aromatic carbocycles. The Balaban J connectivity index is 1.23. The van der Waals surface area contributed by atoms with E-state index in [1.165, 1.54) is 0 Å². The van der Waals surface area contributed by atoms with Crippen LogP contribution in [0, 0.1) is 11.8 Å². The number of ether oxygens (including phenoxy) is 3. The largest absolute Gasteiger partial charge is 0.465 e. The Hall–Kier alpha value is -0.610. The molecule has 4 unspecified atom stereocenters. The fourth-order valence-electron chi connectivity index (χ4n) is 3.57. The van der Waals surface area contributed by atoms with Gasteiger partial charge in [-0.3, -0.25) is 4.79 Å². The maximum absolute atomic E-state index is 12.0. The second-order valence-corrected chi connectivity index (χ2v) is 6.25. The molecule has 0 aromatic heterocycles. The maximum atomic E-state index is 12.0. The SMILES string of the molecule is O=C(OCC1CCC2O[C@@H]2C1)[C@H]1CCC2OC2C1. The van der Waals surface area contributed by atoms with Gasteiger partial charge in [0.1, 0.15) is 0 Å². The zero-order valence-corrected chi connectivity index (χ0v) is 10.5. The topological polar surface area (TPSA) is 51.4 Å². The molecule has 0 radical (unpaired) electrons. The number of carbonyl (C=O) groups is 1. The Morgan fingerprint density at radius 3 is 2.39 bits per heavy atom. The Morgan fingerprint density at radius 2 is 1.67 bits per heavy atom. The molecule has 2 aliphatic carbocycles. The van der Waals surface area contributed by atoms with Gasteiger partial charge in [0.2, 0.25) is 0 Å². The van der Waals surface area contributed by atoms with Crippen LogP contribution in [-0.4, -0.2) is 37.0 Å². The summed E-state index contributed by atoms with van der Waals surface area (Å²) in [5, 5.41) is 0. The van der Waals surface area contributed by atoms with Crippen LogP contribution in [0.3, 0.4) is 0 Å². The molecule has 6 atom stereocenters. The normalized spacial score (nSPS) is 48.9. The molecule has 2 aliphatic heterocycles. The molecule has 4 heteroatoms. The van der Waals surface area contributed by atoms with Crippen LogP contribution in [0.15, 0.2) is 0 Å². The van der Waals surface area contributed by atoms with Gasteiger partial charge in [0, 0.05) is 0 Å². The summed E-state index contributed by atoms with van der Waals surface area (Å²) in [6, 6.07) is 0. The van der Waals surface area contributed by atoms with Gasteiger partial charge in [-0.2, -0.15) is 0 Å². The fraction of sp³-hybridized carbons (Fsp3) is 0.929. The van der Waals surface area contributed by atoms with Crippen LogP contribution in [0.4, 0.5) is 0 Å². The van der Waals surface area contributed by atoms with E-state index in [1.54, 1.807) is 0 Å². The van der Waals surface area contributed by atoms with Crippen molar-refractivity contribution in [3.63, 3.8) is 0 Å². The van der Waals surface area contributed by atoms with Crippen molar-refractivity contribution in [2.24, 2.45) is 11.8 Å². The lowest BCUT2D eigenvalue weighted by atomic mass is 9.89. The van der Waals surface area contributed by atoms with Gasteiger partial charge in [0.15, 0.2) is 0 Å². The van der Waals surface area contributed by atoms with Gasteiger partial charge in [0.25, 0.3) is 0 Å². The summed E-state index contributed by atoms with van der Waals surface area (Å²) >= 11 is 0. The highest BCUT2D eigenvalue weighted by molar-refractivity contribution is 5.72. The molecule has 0 aromatic rings. The van der Waals surface area contributed by atoms with Crippen LogP contribution in [0.2, 0.25) is 0 Å². The van der Waals surface area contributed by atoms with Crippen molar-refractivity contribution in [3.8, 4) is 0 Å². The van der Waals surface area contributed by atoms with Gasteiger partial charge in [0.05, 0.1) is 36.9 Å². The average Bonchev–Trinajstić information content (AvgIpc) is 3.26. The first-order chi connectivity index (χ1) is 8.79. The third kappa shape index (κ3) is 2.16. The van der Waals surface area contributed by atoms with Crippen LogP contribution in [-0.2, 0) is 19.0 Å². The van der Waals surface area contributed by atoms with Crippen LogP contribution in [0.1, 0.15) is 38.5 Å². The van der Waals surface area contributed by atoms with E-state index >= 15 is 0 Å². The zero-order chi connectivity index (χ0) is 12.1. The third-order valence-corrected chi connectivity index (χ3v) is 4.91. The summed E-state index contributed by atoms with van der Waals surface area (Å²) in [6.45, 7) is 0.594. The van der Waals surface area contributed by atoms with E-state index in [4.69, 9.17) is 14.2 Å². The second kappa shape index (κ2) is 4.20. The molecule has 18 heavy (non-hydrogen) atoms. The molecule has 100 valence electrons. The van der Waals surface area contributed by atoms with Crippen molar-refractivity contribution in [2.75, 3.05) is 6.61 Å². The van der Waals surface area contributed by atoms with Crippen molar-refractivity contribution in [1.82, 2.24) is 0 Å². The number of epoxide rings is 2. The standard InChI is InChI=1S/C14H20O4/c15-14(9-2-4-11-13(6-9)18-11)16-7-8-1-3-10-12(5-8)17-10/h8-13H,1-7H2/t8?,9-,10?,11?,12+,13?/m0/s1. The lowest BCUT2D eigenvalue weighted by Crippen LogP contribution is -2.27. The van der Waals surface area contributed by atoms with Crippen molar-refractivity contribution in [3.05, 3.63) is 0 Å². The number of fused-ring (bicyclic) bond motifs is 2. The Morgan fingerprint density at radius 1 is 0.944 bits per heavy atom. The van der Waals surface area contributed by atoms with Gasteiger partial charge in [-0.25, -0.2) is 0 Å².